The second kappa shape index (κ2) is 5.25. The van der Waals surface area contributed by atoms with Crippen molar-refractivity contribution in [2.45, 2.75) is 6.92 Å². The van der Waals surface area contributed by atoms with Crippen molar-refractivity contribution in [3.05, 3.63) is 66.2 Å². The lowest BCUT2D eigenvalue weighted by Gasteiger charge is -2.14. The molecule has 1 radical (unpaired) electrons. The van der Waals surface area contributed by atoms with E-state index in [0.29, 0.717) is 11.4 Å². The third kappa shape index (κ3) is 2.56. The van der Waals surface area contributed by atoms with Gasteiger partial charge in [0.1, 0.15) is 11.5 Å². The average molecular weight is 278 g/mol. The molecular weight excluding hydrogens is 266 g/mol. The van der Waals surface area contributed by atoms with Crippen molar-refractivity contribution in [1.82, 2.24) is 0 Å². The third-order valence-electron chi connectivity index (χ3n) is 3.15. The fourth-order valence-electron chi connectivity index (χ4n) is 2.06. The maximum atomic E-state index is 11.6. The van der Waals surface area contributed by atoms with E-state index in [1.54, 1.807) is 30.3 Å². The lowest BCUT2D eigenvalue weighted by molar-refractivity contribution is -0.119. The molecule has 1 aliphatic heterocycles. The van der Waals surface area contributed by atoms with Crippen LogP contribution in [0.3, 0.4) is 0 Å². The van der Waals surface area contributed by atoms with Crippen molar-refractivity contribution >= 4 is 17.5 Å². The van der Waals surface area contributed by atoms with Crippen molar-refractivity contribution in [3.8, 4) is 11.5 Å². The number of imide groups is 1. The summed E-state index contributed by atoms with van der Waals surface area (Å²) in [5.74, 6) is 0.725. The first kappa shape index (κ1) is 13.1. The first-order valence-electron chi connectivity index (χ1n) is 6.46. The molecule has 21 heavy (non-hydrogen) atoms. The summed E-state index contributed by atoms with van der Waals surface area (Å²) in [5, 5.41) is 0. The van der Waals surface area contributed by atoms with Gasteiger partial charge in [0, 0.05) is 12.2 Å². The summed E-state index contributed by atoms with van der Waals surface area (Å²) < 4.78 is 5.76. The topological polar surface area (TPSA) is 46.6 Å². The van der Waals surface area contributed by atoms with Crippen LogP contribution in [-0.2, 0) is 9.59 Å². The molecule has 0 fully saturated rings. The van der Waals surface area contributed by atoms with Gasteiger partial charge in [-0.3, -0.25) is 9.59 Å². The zero-order valence-corrected chi connectivity index (χ0v) is 11.4. The molecule has 0 atom stereocenters. The van der Waals surface area contributed by atoms with E-state index < -0.39 is 0 Å². The Kier molecular flexibility index (Phi) is 3.28. The van der Waals surface area contributed by atoms with Crippen molar-refractivity contribution in [1.29, 1.82) is 0 Å². The number of benzene rings is 2. The summed E-state index contributed by atoms with van der Waals surface area (Å²) in [4.78, 5) is 24.3. The minimum atomic E-state index is -0.330. The van der Waals surface area contributed by atoms with Crippen LogP contribution in [0, 0.1) is 13.0 Å². The second-order valence-electron chi connectivity index (χ2n) is 4.63. The fraction of sp³-hybridized carbons (Fsp3) is 0.0588. The smallest absolute Gasteiger partial charge is 0.258 e. The summed E-state index contributed by atoms with van der Waals surface area (Å²) in [5.41, 5.74) is 1.51. The minimum Gasteiger partial charge on any atom is -0.457 e. The summed E-state index contributed by atoms with van der Waals surface area (Å²) in [6.07, 6.45) is 2.52. The van der Waals surface area contributed by atoms with Crippen LogP contribution >= 0.6 is 0 Å². The van der Waals surface area contributed by atoms with E-state index in [4.69, 9.17) is 4.74 Å². The molecule has 4 heteroatoms. The maximum absolute atomic E-state index is 11.6. The van der Waals surface area contributed by atoms with Gasteiger partial charge in [0.2, 0.25) is 0 Å². The van der Waals surface area contributed by atoms with Crippen LogP contribution in [0.4, 0.5) is 5.69 Å². The monoisotopic (exact) mass is 278 g/mol. The normalized spacial score (nSPS) is 13.9. The Morgan fingerprint density at radius 3 is 2.29 bits per heavy atom. The molecule has 2 aromatic rings. The molecule has 3 rings (SSSR count). The molecule has 1 heterocycles. The van der Waals surface area contributed by atoms with Crippen LogP contribution < -0.4 is 9.64 Å². The SMILES string of the molecule is Cc1c[c]ccc1Oc1ccc(N2C(=O)C=CC2=O)cc1. The lowest BCUT2D eigenvalue weighted by Crippen LogP contribution is -2.29. The quantitative estimate of drug-likeness (QED) is 0.811. The number of hydrogen-bond acceptors (Lipinski definition) is 3. The van der Waals surface area contributed by atoms with Gasteiger partial charge in [-0.2, -0.15) is 0 Å². The highest BCUT2D eigenvalue weighted by atomic mass is 16.5. The van der Waals surface area contributed by atoms with Gasteiger partial charge >= 0.3 is 0 Å². The van der Waals surface area contributed by atoms with Gasteiger partial charge in [-0.05, 0) is 55.0 Å². The van der Waals surface area contributed by atoms with Crippen LogP contribution in [-0.4, -0.2) is 11.8 Å². The number of aryl methyl sites for hydroxylation is 1. The number of anilines is 1. The Balaban J connectivity index is 1.80. The van der Waals surface area contributed by atoms with Crippen molar-refractivity contribution in [3.63, 3.8) is 0 Å². The number of ether oxygens (including phenoxy) is 1. The van der Waals surface area contributed by atoms with Gasteiger partial charge in [0.15, 0.2) is 0 Å². The summed E-state index contributed by atoms with van der Waals surface area (Å²) in [7, 11) is 0. The van der Waals surface area contributed by atoms with Gasteiger partial charge in [-0.1, -0.05) is 6.07 Å². The van der Waals surface area contributed by atoms with E-state index >= 15 is 0 Å². The number of nitrogens with zero attached hydrogens (tertiary/aromatic N) is 1. The van der Waals surface area contributed by atoms with Crippen LogP contribution in [0.5, 0.6) is 11.5 Å². The van der Waals surface area contributed by atoms with E-state index in [2.05, 4.69) is 6.07 Å². The molecule has 1 aliphatic rings. The van der Waals surface area contributed by atoms with E-state index in [0.717, 1.165) is 16.2 Å². The predicted octanol–water partition coefficient (Wildman–Crippen LogP) is 3.02. The van der Waals surface area contributed by atoms with Crippen LogP contribution in [0.15, 0.2) is 54.6 Å². The molecule has 0 unspecified atom stereocenters. The van der Waals surface area contributed by atoms with E-state index in [1.165, 1.54) is 12.2 Å². The number of hydrogen-bond donors (Lipinski definition) is 0. The Morgan fingerprint density at radius 1 is 1.00 bits per heavy atom. The first-order chi connectivity index (χ1) is 10.1. The summed E-state index contributed by atoms with van der Waals surface area (Å²) in [6, 6.07) is 15.3. The Labute approximate surface area is 122 Å². The molecule has 0 aliphatic carbocycles. The molecule has 0 bridgehead atoms. The molecule has 0 saturated heterocycles. The zero-order valence-electron chi connectivity index (χ0n) is 11.4. The standard InChI is InChI=1S/C17H12NO3/c1-12-4-2-3-5-15(12)21-14-8-6-13(7-9-14)18-16(19)10-11-17(18)20/h3-11H,1H3. The number of carbonyl (C=O) groups is 2. The number of rotatable bonds is 3. The average Bonchev–Trinajstić information content (AvgIpc) is 2.82. The summed E-state index contributed by atoms with van der Waals surface area (Å²) >= 11 is 0. The molecule has 103 valence electrons. The Morgan fingerprint density at radius 2 is 1.67 bits per heavy atom. The molecular formula is C17H12NO3. The van der Waals surface area contributed by atoms with Crippen molar-refractivity contribution in [2.24, 2.45) is 0 Å². The molecule has 4 nitrogen and oxygen atoms in total. The molecule has 0 saturated carbocycles. The Bertz CT molecular complexity index is 714. The van der Waals surface area contributed by atoms with E-state index in [-0.39, 0.29) is 11.8 Å². The molecule has 2 aromatic carbocycles. The van der Waals surface area contributed by atoms with Gasteiger partial charge in [0.05, 0.1) is 5.69 Å². The molecule has 2 amide bonds. The van der Waals surface area contributed by atoms with Crippen LogP contribution in [0.2, 0.25) is 0 Å². The fourth-order valence-corrected chi connectivity index (χ4v) is 2.06. The van der Waals surface area contributed by atoms with Gasteiger partial charge in [0.25, 0.3) is 11.8 Å². The Hall–Kier alpha value is -2.88. The maximum Gasteiger partial charge on any atom is 0.258 e. The van der Waals surface area contributed by atoms with Crippen LogP contribution in [0.25, 0.3) is 0 Å². The molecule has 0 N–H and O–H groups in total. The number of amides is 2. The van der Waals surface area contributed by atoms with Crippen molar-refractivity contribution in [2.75, 3.05) is 4.90 Å². The van der Waals surface area contributed by atoms with Gasteiger partial charge in [-0.25, -0.2) is 4.90 Å². The predicted molar refractivity (Wildman–Crippen MR) is 78.2 cm³/mol. The van der Waals surface area contributed by atoms with Crippen LogP contribution in [0.1, 0.15) is 5.56 Å². The highest BCUT2D eigenvalue weighted by Crippen LogP contribution is 2.27. The minimum absolute atomic E-state index is 0.330. The lowest BCUT2D eigenvalue weighted by atomic mass is 10.2. The van der Waals surface area contributed by atoms with E-state index in [9.17, 15) is 9.59 Å². The summed E-state index contributed by atoms with van der Waals surface area (Å²) in [6.45, 7) is 1.94. The number of carbonyl (C=O) groups excluding carboxylic acids is 2. The van der Waals surface area contributed by atoms with Gasteiger partial charge < -0.3 is 4.74 Å². The highest BCUT2D eigenvalue weighted by Gasteiger charge is 2.24. The third-order valence-corrected chi connectivity index (χ3v) is 3.15. The largest absolute Gasteiger partial charge is 0.457 e. The van der Waals surface area contributed by atoms with Gasteiger partial charge in [-0.15, -0.1) is 0 Å². The highest BCUT2D eigenvalue weighted by molar-refractivity contribution is 6.28. The first-order valence-corrected chi connectivity index (χ1v) is 6.46. The van der Waals surface area contributed by atoms with Crippen molar-refractivity contribution < 1.29 is 14.3 Å². The second-order valence-corrected chi connectivity index (χ2v) is 4.63. The molecule has 0 spiro atoms. The molecule has 0 aromatic heterocycles. The zero-order chi connectivity index (χ0) is 14.8. The van der Waals surface area contributed by atoms with E-state index in [1.807, 2.05) is 19.1 Å².